The summed E-state index contributed by atoms with van der Waals surface area (Å²) in [6.45, 7) is 2.27. The highest BCUT2D eigenvalue weighted by Gasteiger charge is 2.02. The standard InChI is InChI=1S/C21H39NO/c1-2-3-4-5-6-7-8-9-10-11-12-13-14-15-16-18-21(23)19-17-20-22/h9-10,21,23H,2-8,11-19H2,1H3/b10-9-. The molecule has 1 N–H and O–H groups in total. The first kappa shape index (κ1) is 22.2. The van der Waals surface area contributed by atoms with E-state index in [9.17, 15) is 5.11 Å². The first-order valence-electron chi connectivity index (χ1n) is 10.0. The topological polar surface area (TPSA) is 44.0 Å². The van der Waals surface area contributed by atoms with E-state index in [0.29, 0.717) is 12.8 Å². The van der Waals surface area contributed by atoms with Gasteiger partial charge in [0.1, 0.15) is 0 Å². The fourth-order valence-corrected chi connectivity index (χ4v) is 2.83. The Kier molecular flexibility index (Phi) is 18.6. The van der Waals surface area contributed by atoms with E-state index in [4.69, 9.17) is 5.26 Å². The fourth-order valence-electron chi connectivity index (χ4n) is 2.83. The zero-order valence-electron chi connectivity index (χ0n) is 15.4. The Labute approximate surface area is 145 Å². The minimum absolute atomic E-state index is 0.264. The molecule has 2 heteroatoms. The van der Waals surface area contributed by atoms with Crippen molar-refractivity contribution >= 4 is 0 Å². The molecule has 2 nitrogen and oxygen atoms in total. The van der Waals surface area contributed by atoms with Crippen molar-refractivity contribution in [3.63, 3.8) is 0 Å². The Morgan fingerprint density at radius 2 is 1.30 bits per heavy atom. The first-order valence-corrected chi connectivity index (χ1v) is 10.0. The predicted molar refractivity (Wildman–Crippen MR) is 100 cm³/mol. The summed E-state index contributed by atoms with van der Waals surface area (Å²) in [7, 11) is 0. The van der Waals surface area contributed by atoms with Crippen LogP contribution in [0.2, 0.25) is 0 Å². The van der Waals surface area contributed by atoms with Crippen LogP contribution in [0.4, 0.5) is 0 Å². The maximum atomic E-state index is 9.62. The third kappa shape index (κ3) is 19.1. The Morgan fingerprint density at radius 3 is 1.87 bits per heavy atom. The molecule has 0 saturated heterocycles. The Balaban J connectivity index is 3.15. The number of hydrogen-bond donors (Lipinski definition) is 1. The van der Waals surface area contributed by atoms with Gasteiger partial charge in [-0.15, -0.1) is 0 Å². The fraction of sp³-hybridized carbons (Fsp3) is 0.857. The highest BCUT2D eigenvalue weighted by Crippen LogP contribution is 2.12. The molecule has 1 atom stereocenters. The molecule has 0 saturated carbocycles. The number of allylic oxidation sites excluding steroid dienone is 2. The number of nitriles is 1. The Bertz CT molecular complexity index is 293. The number of unbranched alkanes of at least 4 members (excludes halogenated alkanes) is 11. The molecule has 0 aliphatic rings. The quantitative estimate of drug-likeness (QED) is 0.239. The third-order valence-corrected chi connectivity index (χ3v) is 4.39. The molecular formula is C21H39NO. The van der Waals surface area contributed by atoms with E-state index in [0.717, 1.165) is 12.8 Å². The molecule has 0 amide bonds. The molecule has 134 valence electrons. The average Bonchev–Trinajstić information content (AvgIpc) is 2.56. The van der Waals surface area contributed by atoms with Crippen LogP contribution in [0.1, 0.15) is 110 Å². The SMILES string of the molecule is CCCCCCCC/C=C\CCCCCCCC(O)CCC#N. The van der Waals surface area contributed by atoms with Gasteiger partial charge in [-0.1, -0.05) is 76.9 Å². The van der Waals surface area contributed by atoms with Gasteiger partial charge in [0, 0.05) is 6.42 Å². The van der Waals surface area contributed by atoms with E-state index in [2.05, 4.69) is 25.1 Å². The van der Waals surface area contributed by atoms with Crippen molar-refractivity contribution in [3.05, 3.63) is 12.2 Å². The molecule has 0 aromatic heterocycles. The van der Waals surface area contributed by atoms with Gasteiger partial charge in [0.2, 0.25) is 0 Å². The molecule has 0 bridgehead atoms. The zero-order chi connectivity index (χ0) is 17.0. The summed E-state index contributed by atoms with van der Waals surface area (Å²) in [6, 6.07) is 2.09. The second kappa shape index (κ2) is 19.2. The summed E-state index contributed by atoms with van der Waals surface area (Å²) in [4.78, 5) is 0. The molecule has 0 rings (SSSR count). The van der Waals surface area contributed by atoms with Crippen LogP contribution in [0.25, 0.3) is 0 Å². The van der Waals surface area contributed by atoms with E-state index in [1.54, 1.807) is 0 Å². The molecule has 0 spiro atoms. The molecule has 0 radical (unpaired) electrons. The van der Waals surface area contributed by atoms with Crippen LogP contribution in [0.15, 0.2) is 12.2 Å². The van der Waals surface area contributed by atoms with Crippen LogP contribution in [-0.4, -0.2) is 11.2 Å². The maximum absolute atomic E-state index is 9.62. The van der Waals surface area contributed by atoms with Crippen molar-refractivity contribution in [2.75, 3.05) is 0 Å². The third-order valence-electron chi connectivity index (χ3n) is 4.39. The van der Waals surface area contributed by atoms with Crippen LogP contribution < -0.4 is 0 Å². The largest absolute Gasteiger partial charge is 0.393 e. The maximum Gasteiger partial charge on any atom is 0.0622 e. The zero-order valence-corrected chi connectivity index (χ0v) is 15.4. The molecule has 0 heterocycles. The average molecular weight is 322 g/mol. The van der Waals surface area contributed by atoms with Crippen LogP contribution in [0.3, 0.4) is 0 Å². The van der Waals surface area contributed by atoms with Crippen molar-refractivity contribution in [1.82, 2.24) is 0 Å². The van der Waals surface area contributed by atoms with E-state index in [1.165, 1.54) is 77.0 Å². The van der Waals surface area contributed by atoms with Gasteiger partial charge in [-0.2, -0.15) is 5.26 Å². The summed E-state index contributed by atoms with van der Waals surface area (Å²) >= 11 is 0. The number of aliphatic hydroxyl groups is 1. The highest BCUT2D eigenvalue weighted by molar-refractivity contribution is 4.81. The van der Waals surface area contributed by atoms with Crippen LogP contribution in [0.5, 0.6) is 0 Å². The molecule has 1 unspecified atom stereocenters. The van der Waals surface area contributed by atoms with Crippen LogP contribution in [-0.2, 0) is 0 Å². The minimum Gasteiger partial charge on any atom is -0.393 e. The van der Waals surface area contributed by atoms with Gasteiger partial charge in [0.05, 0.1) is 12.2 Å². The second-order valence-electron chi connectivity index (χ2n) is 6.72. The summed E-state index contributed by atoms with van der Waals surface area (Å²) in [5.41, 5.74) is 0. The van der Waals surface area contributed by atoms with Gasteiger partial charge >= 0.3 is 0 Å². The summed E-state index contributed by atoms with van der Waals surface area (Å²) in [5.74, 6) is 0. The van der Waals surface area contributed by atoms with Gasteiger partial charge in [0.15, 0.2) is 0 Å². The van der Waals surface area contributed by atoms with Crippen LogP contribution in [0, 0.1) is 11.3 Å². The molecule has 0 aromatic carbocycles. The van der Waals surface area contributed by atoms with Crippen molar-refractivity contribution in [3.8, 4) is 6.07 Å². The molecular weight excluding hydrogens is 282 g/mol. The van der Waals surface area contributed by atoms with Gasteiger partial charge in [-0.05, 0) is 38.5 Å². The second-order valence-corrected chi connectivity index (χ2v) is 6.72. The summed E-state index contributed by atoms with van der Waals surface area (Å²) in [6.07, 6.45) is 23.4. The number of nitrogens with zero attached hydrogens (tertiary/aromatic N) is 1. The smallest absolute Gasteiger partial charge is 0.0622 e. The van der Waals surface area contributed by atoms with Gasteiger partial charge in [-0.25, -0.2) is 0 Å². The molecule has 0 aromatic rings. The van der Waals surface area contributed by atoms with Gasteiger partial charge < -0.3 is 5.11 Å². The van der Waals surface area contributed by atoms with Crippen molar-refractivity contribution in [2.45, 2.75) is 116 Å². The van der Waals surface area contributed by atoms with E-state index in [-0.39, 0.29) is 6.10 Å². The molecule has 23 heavy (non-hydrogen) atoms. The van der Waals surface area contributed by atoms with Crippen LogP contribution >= 0.6 is 0 Å². The lowest BCUT2D eigenvalue weighted by Crippen LogP contribution is -2.05. The number of aliphatic hydroxyl groups excluding tert-OH is 1. The summed E-state index contributed by atoms with van der Waals surface area (Å²) in [5, 5.41) is 18.1. The molecule has 0 fully saturated rings. The first-order chi connectivity index (χ1) is 11.3. The lowest BCUT2D eigenvalue weighted by Gasteiger charge is -2.07. The normalized spacial score (nSPS) is 12.6. The number of hydrogen-bond acceptors (Lipinski definition) is 2. The molecule has 0 aliphatic heterocycles. The predicted octanol–water partition coefficient (Wildman–Crippen LogP) is 6.69. The van der Waals surface area contributed by atoms with Crippen molar-refractivity contribution in [2.24, 2.45) is 0 Å². The number of rotatable bonds is 17. The van der Waals surface area contributed by atoms with Crippen molar-refractivity contribution in [1.29, 1.82) is 5.26 Å². The van der Waals surface area contributed by atoms with Crippen molar-refractivity contribution < 1.29 is 5.11 Å². The lowest BCUT2D eigenvalue weighted by atomic mass is 10.0. The van der Waals surface area contributed by atoms with E-state index < -0.39 is 0 Å². The van der Waals surface area contributed by atoms with Gasteiger partial charge in [0.25, 0.3) is 0 Å². The Hall–Kier alpha value is -0.810. The Morgan fingerprint density at radius 1 is 0.783 bits per heavy atom. The van der Waals surface area contributed by atoms with Gasteiger partial charge in [-0.3, -0.25) is 0 Å². The highest BCUT2D eigenvalue weighted by atomic mass is 16.3. The van der Waals surface area contributed by atoms with E-state index in [1.807, 2.05) is 0 Å². The minimum atomic E-state index is -0.264. The molecule has 0 aliphatic carbocycles. The summed E-state index contributed by atoms with van der Waals surface area (Å²) < 4.78 is 0. The van der Waals surface area contributed by atoms with E-state index >= 15 is 0 Å². The lowest BCUT2D eigenvalue weighted by molar-refractivity contribution is 0.152. The monoisotopic (exact) mass is 321 g/mol.